The maximum Gasteiger partial charge on any atom is 0.306 e. The van der Waals surface area contributed by atoms with Gasteiger partial charge >= 0.3 is 11.9 Å². The van der Waals surface area contributed by atoms with Crippen molar-refractivity contribution in [2.24, 2.45) is 0 Å². The van der Waals surface area contributed by atoms with Crippen LogP contribution < -0.4 is 0 Å². The van der Waals surface area contributed by atoms with E-state index >= 15 is 0 Å². The summed E-state index contributed by atoms with van der Waals surface area (Å²) >= 11 is 0. The van der Waals surface area contributed by atoms with E-state index in [1.807, 2.05) is 0 Å². The molecule has 0 aromatic carbocycles. The molecule has 0 aliphatic rings. The molecule has 0 bridgehead atoms. The molecule has 0 radical (unpaired) electrons. The zero-order valence-electron chi connectivity index (χ0n) is 33.8. The van der Waals surface area contributed by atoms with Crippen molar-refractivity contribution in [2.75, 3.05) is 26.3 Å². The van der Waals surface area contributed by atoms with E-state index in [2.05, 4.69) is 31.6 Å². The Labute approximate surface area is 311 Å². The summed E-state index contributed by atoms with van der Waals surface area (Å²) < 4.78 is 13.7. The van der Waals surface area contributed by atoms with Gasteiger partial charge < -0.3 is 14.6 Å². The zero-order valence-corrected chi connectivity index (χ0v) is 33.8. The number of aliphatic hydroxyl groups is 1. The van der Waals surface area contributed by atoms with Gasteiger partial charge in [-0.25, -0.2) is 4.58 Å². The third-order valence-electron chi connectivity index (χ3n) is 10.0. The van der Waals surface area contributed by atoms with Crippen molar-refractivity contribution in [3.8, 4) is 0 Å². The van der Waals surface area contributed by atoms with E-state index in [1.54, 1.807) is 0 Å². The number of ether oxygens (including phenoxy) is 2. The Hall–Kier alpha value is -1.43. The highest BCUT2D eigenvalue weighted by Gasteiger charge is 2.14. The molecule has 0 saturated carbocycles. The van der Waals surface area contributed by atoms with Gasteiger partial charge in [0.05, 0.1) is 6.61 Å². The molecule has 0 atom stereocenters. The van der Waals surface area contributed by atoms with Crippen LogP contribution in [0.1, 0.15) is 233 Å². The number of nitrogens with zero attached hydrogens (tertiary/aromatic N) is 1. The second-order valence-corrected chi connectivity index (χ2v) is 15.0. The maximum absolute atomic E-state index is 12.7. The number of aliphatic hydroxyl groups excluding tert-OH is 1. The lowest BCUT2D eigenvalue weighted by molar-refractivity contribution is -0.527. The van der Waals surface area contributed by atoms with Crippen LogP contribution in [0.15, 0.2) is 0 Å². The normalized spacial score (nSPS) is 11.8. The highest BCUT2D eigenvalue weighted by molar-refractivity contribution is 5.69. The first-order valence-electron chi connectivity index (χ1n) is 22.1. The van der Waals surface area contributed by atoms with Crippen molar-refractivity contribution in [3.05, 3.63) is 0 Å². The fourth-order valence-electron chi connectivity index (χ4n) is 6.71. The zero-order chi connectivity index (χ0) is 36.6. The number of unbranched alkanes of at least 4 members (excludes halogenated alkanes) is 24. The van der Waals surface area contributed by atoms with Gasteiger partial charge in [-0.3, -0.25) is 9.59 Å². The van der Waals surface area contributed by atoms with Crippen LogP contribution >= 0.6 is 0 Å². The molecule has 6 heteroatoms. The summed E-state index contributed by atoms with van der Waals surface area (Å²) in [6.07, 6.45) is 40.2. The van der Waals surface area contributed by atoms with Crippen LogP contribution in [-0.4, -0.2) is 60.2 Å². The minimum absolute atomic E-state index is 0.00255. The summed E-state index contributed by atoms with van der Waals surface area (Å²) in [4.78, 5) is 24.7. The Balaban J connectivity index is 4.04. The van der Waals surface area contributed by atoms with E-state index in [4.69, 9.17) is 9.47 Å². The summed E-state index contributed by atoms with van der Waals surface area (Å²) in [6, 6.07) is 0. The first kappa shape index (κ1) is 48.6. The van der Waals surface area contributed by atoms with Crippen LogP contribution in [0.3, 0.4) is 0 Å². The highest BCUT2D eigenvalue weighted by Crippen LogP contribution is 2.18. The first-order valence-corrected chi connectivity index (χ1v) is 22.1. The van der Waals surface area contributed by atoms with E-state index in [0.717, 1.165) is 83.6 Å². The molecule has 0 unspecified atom stereocenters. The lowest BCUT2D eigenvalue weighted by atomic mass is 10.0. The smallest absolute Gasteiger partial charge is 0.306 e. The molecule has 0 rings (SSSR count). The monoisotopic (exact) mass is 709 g/mol. The summed E-state index contributed by atoms with van der Waals surface area (Å²) in [6.45, 7) is 9.09. The van der Waals surface area contributed by atoms with Gasteiger partial charge in [0.1, 0.15) is 25.5 Å². The maximum atomic E-state index is 12.7. The van der Waals surface area contributed by atoms with Crippen LogP contribution in [0.5, 0.6) is 0 Å². The number of rotatable bonds is 40. The van der Waals surface area contributed by atoms with E-state index in [-0.39, 0.29) is 24.6 Å². The Morgan fingerprint density at radius 3 is 1.50 bits per heavy atom. The number of carbonyl (C=O) groups is 2. The molecule has 0 fully saturated rings. The topological polar surface area (TPSA) is 75.8 Å². The summed E-state index contributed by atoms with van der Waals surface area (Å²) in [7, 11) is 0. The van der Waals surface area contributed by atoms with Gasteiger partial charge in [0.2, 0.25) is 0 Å². The van der Waals surface area contributed by atoms with Crippen molar-refractivity contribution in [1.82, 2.24) is 0 Å². The lowest BCUT2D eigenvalue weighted by Gasteiger charge is -2.18. The third-order valence-corrected chi connectivity index (χ3v) is 10.0. The second-order valence-electron chi connectivity index (χ2n) is 15.0. The minimum Gasteiger partial charge on any atom is -0.466 e. The summed E-state index contributed by atoms with van der Waals surface area (Å²) in [5.41, 5.74) is 0. The molecule has 6 nitrogen and oxygen atoms in total. The van der Waals surface area contributed by atoms with Crippen molar-refractivity contribution >= 4 is 18.2 Å². The minimum atomic E-state index is -0.0637. The van der Waals surface area contributed by atoms with Gasteiger partial charge in [0.25, 0.3) is 0 Å². The lowest BCUT2D eigenvalue weighted by Crippen LogP contribution is -2.19. The van der Waals surface area contributed by atoms with Crippen LogP contribution in [-0.2, 0) is 19.1 Å². The average Bonchev–Trinajstić information content (AvgIpc) is 3.11. The molecule has 1 N–H and O–H groups in total. The summed E-state index contributed by atoms with van der Waals surface area (Å²) in [5.74, 6) is -0.0612. The van der Waals surface area contributed by atoms with Crippen LogP contribution in [0.25, 0.3) is 0 Å². The average molecular weight is 709 g/mol. The SMILES string of the molecule is CCCCCCCCCCCOC(=O)CCCCC=[N+](CCO)CCCCCCCC(=O)OC(CCCCCCCC)CCCCCCCC. The number of hydrogen-bond donors (Lipinski definition) is 1. The van der Waals surface area contributed by atoms with E-state index in [1.165, 1.54) is 122 Å². The molecule has 0 aliphatic carbocycles. The molecule has 50 heavy (non-hydrogen) atoms. The molecule has 0 spiro atoms. The van der Waals surface area contributed by atoms with Gasteiger partial charge in [-0.05, 0) is 57.8 Å². The van der Waals surface area contributed by atoms with Gasteiger partial charge in [-0.2, -0.15) is 0 Å². The fraction of sp³-hybridized carbons (Fsp3) is 0.932. The molecular weight excluding hydrogens is 622 g/mol. The first-order chi connectivity index (χ1) is 24.6. The van der Waals surface area contributed by atoms with E-state index in [9.17, 15) is 14.7 Å². The Kier molecular flexibility index (Phi) is 39.2. The predicted molar refractivity (Wildman–Crippen MR) is 213 cm³/mol. The van der Waals surface area contributed by atoms with Gasteiger partial charge in [-0.1, -0.05) is 149 Å². The fourth-order valence-corrected chi connectivity index (χ4v) is 6.71. The van der Waals surface area contributed by atoms with Gasteiger partial charge in [0.15, 0.2) is 6.54 Å². The summed E-state index contributed by atoms with van der Waals surface area (Å²) in [5, 5.41) is 9.51. The molecule has 0 aliphatic heterocycles. The Morgan fingerprint density at radius 2 is 0.960 bits per heavy atom. The number of hydrogen-bond acceptors (Lipinski definition) is 5. The molecule has 0 aromatic rings. The number of carbonyl (C=O) groups excluding carboxylic acids is 2. The molecule has 0 heterocycles. The van der Waals surface area contributed by atoms with Crippen LogP contribution in [0, 0.1) is 0 Å². The number of esters is 2. The molecule has 0 aromatic heterocycles. The van der Waals surface area contributed by atoms with Crippen molar-refractivity contribution in [1.29, 1.82) is 0 Å². The van der Waals surface area contributed by atoms with Crippen molar-refractivity contribution in [2.45, 2.75) is 239 Å². The van der Waals surface area contributed by atoms with Gasteiger partial charge in [-0.15, -0.1) is 0 Å². The molecular formula is C44H86NO5+. The van der Waals surface area contributed by atoms with Gasteiger partial charge in [0, 0.05) is 25.7 Å². The van der Waals surface area contributed by atoms with E-state index < -0.39 is 0 Å². The van der Waals surface area contributed by atoms with Crippen molar-refractivity contribution < 1.29 is 28.7 Å². The van der Waals surface area contributed by atoms with Crippen LogP contribution in [0.2, 0.25) is 0 Å². The Morgan fingerprint density at radius 1 is 0.520 bits per heavy atom. The quantitative estimate of drug-likeness (QED) is 0.0297. The Bertz CT molecular complexity index is 739. The molecule has 0 amide bonds. The second kappa shape index (κ2) is 40.3. The molecule has 0 saturated heterocycles. The standard InChI is InChI=1S/C44H86NO5/c1-4-7-10-13-16-17-18-24-32-41-49-43(47)35-29-25-31-38-45(39-40-46)37-30-23-19-22-28-36-44(48)50-42(33-26-20-14-11-8-5-2)34-27-21-15-12-9-6-3/h38,42,46H,4-37,39-41H2,1-3H3/q+1. The highest BCUT2D eigenvalue weighted by atomic mass is 16.5. The predicted octanol–water partition coefficient (Wildman–Crippen LogP) is 12.4. The molecule has 296 valence electrons. The van der Waals surface area contributed by atoms with Crippen LogP contribution in [0.4, 0.5) is 0 Å². The van der Waals surface area contributed by atoms with Crippen molar-refractivity contribution in [3.63, 3.8) is 0 Å². The third kappa shape index (κ3) is 36.4. The largest absolute Gasteiger partial charge is 0.466 e. The van der Waals surface area contributed by atoms with E-state index in [0.29, 0.717) is 26.0 Å².